The van der Waals surface area contributed by atoms with Crippen molar-refractivity contribution < 1.29 is 14.4 Å². The van der Waals surface area contributed by atoms with Crippen molar-refractivity contribution in [3.63, 3.8) is 0 Å². The Kier molecular flexibility index (Phi) is 4.18. The molecule has 0 aliphatic carbocycles. The summed E-state index contributed by atoms with van der Waals surface area (Å²) in [5, 5.41) is 14.5. The van der Waals surface area contributed by atoms with Crippen molar-refractivity contribution in [3.8, 4) is 11.3 Å². The fraction of sp³-hybridized carbons (Fsp3) is 0.375. The Labute approximate surface area is 133 Å². The number of aliphatic hydroxyl groups excluding tert-OH is 1. The Morgan fingerprint density at radius 2 is 1.95 bits per heavy atom. The maximum Gasteiger partial charge on any atom is 0.259 e. The van der Waals surface area contributed by atoms with E-state index in [0.717, 1.165) is 31.5 Å². The normalized spacial score (nSPS) is 16.0. The van der Waals surface area contributed by atoms with Crippen LogP contribution in [-0.2, 0) is 0 Å². The zero-order valence-corrected chi connectivity index (χ0v) is 13.0. The van der Waals surface area contributed by atoms with Crippen LogP contribution in [0.1, 0.15) is 42.0 Å². The van der Waals surface area contributed by atoms with Crippen molar-refractivity contribution in [1.29, 1.82) is 0 Å². The number of hydrogen-bond acceptors (Lipinski definition) is 4. The van der Waals surface area contributed by atoms with Crippen LogP contribution >= 0.6 is 11.6 Å². The largest absolute Gasteiger partial charge is 0.385 e. The molecular formula is C16H17ClN2O3. The molecule has 1 unspecified atom stereocenters. The summed E-state index contributed by atoms with van der Waals surface area (Å²) >= 11 is 5.90. The van der Waals surface area contributed by atoms with E-state index >= 15 is 0 Å². The third kappa shape index (κ3) is 2.74. The number of carbonyl (C=O) groups excluding carboxylic acids is 1. The molecule has 1 aromatic heterocycles. The van der Waals surface area contributed by atoms with Gasteiger partial charge in [0.15, 0.2) is 5.76 Å². The lowest BCUT2D eigenvalue weighted by Crippen LogP contribution is -2.28. The molecule has 1 aliphatic heterocycles. The minimum absolute atomic E-state index is 0.139. The van der Waals surface area contributed by atoms with Crippen LogP contribution in [-0.4, -0.2) is 34.2 Å². The summed E-state index contributed by atoms with van der Waals surface area (Å²) in [4.78, 5) is 14.6. The Balaban J connectivity index is 2.06. The van der Waals surface area contributed by atoms with Gasteiger partial charge in [0.2, 0.25) is 0 Å². The predicted octanol–water partition coefficient (Wildman–Crippen LogP) is 3.28. The van der Waals surface area contributed by atoms with Crippen molar-refractivity contribution >= 4 is 17.5 Å². The topological polar surface area (TPSA) is 66.6 Å². The molecular weight excluding hydrogens is 304 g/mol. The van der Waals surface area contributed by atoms with Crippen molar-refractivity contribution in [2.24, 2.45) is 0 Å². The van der Waals surface area contributed by atoms with Crippen molar-refractivity contribution in [2.75, 3.05) is 13.1 Å². The molecule has 0 saturated carbocycles. The van der Waals surface area contributed by atoms with Gasteiger partial charge in [-0.2, -0.15) is 0 Å². The summed E-state index contributed by atoms with van der Waals surface area (Å²) in [7, 11) is 0. The summed E-state index contributed by atoms with van der Waals surface area (Å²) in [6.45, 7) is 3.01. The van der Waals surface area contributed by atoms with E-state index in [1.54, 1.807) is 36.1 Å². The molecule has 1 atom stereocenters. The SMILES string of the molecule is CC(O)c1onc(-c2ccc(Cl)cc2)c1C(=O)N1CCCC1. The molecule has 1 N–H and O–H groups in total. The number of likely N-dealkylation sites (tertiary alicyclic amines) is 1. The Bertz CT molecular complexity index is 673. The number of carbonyl (C=O) groups is 1. The Morgan fingerprint density at radius 1 is 1.32 bits per heavy atom. The van der Waals surface area contributed by atoms with E-state index in [9.17, 15) is 9.90 Å². The minimum atomic E-state index is -0.893. The summed E-state index contributed by atoms with van der Waals surface area (Å²) in [5.41, 5.74) is 1.53. The first-order valence-corrected chi connectivity index (χ1v) is 7.68. The summed E-state index contributed by atoms with van der Waals surface area (Å²) in [5.74, 6) is 0.0708. The molecule has 3 rings (SSSR count). The fourth-order valence-electron chi connectivity index (χ4n) is 2.68. The highest BCUT2D eigenvalue weighted by Crippen LogP contribution is 2.31. The molecule has 1 amide bonds. The number of aliphatic hydroxyl groups is 1. The van der Waals surface area contributed by atoms with E-state index in [2.05, 4.69) is 5.16 Å². The first kappa shape index (κ1) is 15.1. The second-order valence-electron chi connectivity index (χ2n) is 5.45. The lowest BCUT2D eigenvalue weighted by atomic mass is 10.0. The number of hydrogen-bond donors (Lipinski definition) is 1. The molecule has 0 radical (unpaired) electrons. The monoisotopic (exact) mass is 320 g/mol. The van der Waals surface area contributed by atoms with E-state index in [4.69, 9.17) is 16.1 Å². The number of halogens is 1. The maximum absolute atomic E-state index is 12.8. The fourth-order valence-corrected chi connectivity index (χ4v) is 2.80. The van der Waals surface area contributed by atoms with E-state index in [0.29, 0.717) is 16.3 Å². The van der Waals surface area contributed by atoms with Crippen molar-refractivity contribution in [3.05, 3.63) is 40.6 Å². The summed E-state index contributed by atoms with van der Waals surface area (Å²) < 4.78 is 5.24. The van der Waals surface area contributed by atoms with Gasteiger partial charge in [-0.15, -0.1) is 0 Å². The molecule has 0 bridgehead atoms. The summed E-state index contributed by atoms with van der Waals surface area (Å²) in [6.07, 6.45) is 1.10. The van der Waals surface area contributed by atoms with Crippen LogP contribution in [0.3, 0.4) is 0 Å². The molecule has 5 nitrogen and oxygen atoms in total. The van der Waals surface area contributed by atoms with Crippen LogP contribution in [0.5, 0.6) is 0 Å². The second-order valence-corrected chi connectivity index (χ2v) is 5.89. The molecule has 1 fully saturated rings. The van der Waals surface area contributed by atoms with E-state index in [1.165, 1.54) is 0 Å². The van der Waals surface area contributed by atoms with Gasteiger partial charge < -0.3 is 14.5 Å². The molecule has 6 heteroatoms. The summed E-state index contributed by atoms with van der Waals surface area (Å²) in [6, 6.07) is 7.04. The van der Waals surface area contributed by atoms with Crippen LogP contribution in [0, 0.1) is 0 Å². The first-order valence-electron chi connectivity index (χ1n) is 7.31. The molecule has 1 aliphatic rings. The van der Waals surface area contributed by atoms with Crippen LogP contribution in [0.25, 0.3) is 11.3 Å². The lowest BCUT2D eigenvalue weighted by molar-refractivity contribution is 0.0781. The van der Waals surface area contributed by atoms with E-state index < -0.39 is 6.10 Å². The van der Waals surface area contributed by atoms with Gasteiger partial charge in [0, 0.05) is 23.7 Å². The highest BCUT2D eigenvalue weighted by atomic mass is 35.5. The lowest BCUT2D eigenvalue weighted by Gasteiger charge is -2.16. The molecule has 2 aromatic rings. The second kappa shape index (κ2) is 6.10. The van der Waals surface area contributed by atoms with Crippen LogP contribution in [0.2, 0.25) is 5.02 Å². The number of aromatic nitrogens is 1. The predicted molar refractivity (Wildman–Crippen MR) is 82.7 cm³/mol. The Morgan fingerprint density at radius 3 is 2.55 bits per heavy atom. The highest BCUT2D eigenvalue weighted by Gasteiger charge is 2.30. The van der Waals surface area contributed by atoms with Gasteiger partial charge in [-0.1, -0.05) is 28.9 Å². The first-order chi connectivity index (χ1) is 10.6. The van der Waals surface area contributed by atoms with Gasteiger partial charge in [0.1, 0.15) is 17.4 Å². The number of nitrogens with zero attached hydrogens (tertiary/aromatic N) is 2. The van der Waals surface area contributed by atoms with Gasteiger partial charge in [-0.25, -0.2) is 0 Å². The van der Waals surface area contributed by atoms with Gasteiger partial charge in [-0.3, -0.25) is 4.79 Å². The third-order valence-corrected chi connectivity index (χ3v) is 4.07. The van der Waals surface area contributed by atoms with Crippen LogP contribution in [0.15, 0.2) is 28.8 Å². The number of benzene rings is 1. The minimum Gasteiger partial charge on any atom is -0.385 e. The molecule has 116 valence electrons. The maximum atomic E-state index is 12.8. The highest BCUT2D eigenvalue weighted by molar-refractivity contribution is 6.30. The van der Waals surface area contributed by atoms with Crippen molar-refractivity contribution in [2.45, 2.75) is 25.9 Å². The molecule has 0 spiro atoms. The molecule has 2 heterocycles. The van der Waals surface area contributed by atoms with Gasteiger partial charge in [0.25, 0.3) is 5.91 Å². The third-order valence-electron chi connectivity index (χ3n) is 3.82. The van der Waals surface area contributed by atoms with Gasteiger partial charge >= 0.3 is 0 Å². The zero-order chi connectivity index (χ0) is 15.7. The zero-order valence-electron chi connectivity index (χ0n) is 12.3. The number of amides is 1. The average Bonchev–Trinajstić information content (AvgIpc) is 3.17. The van der Waals surface area contributed by atoms with E-state index in [1.807, 2.05) is 0 Å². The van der Waals surface area contributed by atoms with Gasteiger partial charge in [-0.05, 0) is 31.9 Å². The number of rotatable bonds is 3. The quantitative estimate of drug-likeness (QED) is 0.942. The molecule has 22 heavy (non-hydrogen) atoms. The van der Waals surface area contributed by atoms with Crippen LogP contribution in [0.4, 0.5) is 0 Å². The van der Waals surface area contributed by atoms with Crippen molar-refractivity contribution in [1.82, 2.24) is 10.1 Å². The Hall–Kier alpha value is -1.85. The van der Waals surface area contributed by atoms with Crippen LogP contribution < -0.4 is 0 Å². The average molecular weight is 321 g/mol. The van der Waals surface area contributed by atoms with Gasteiger partial charge in [0.05, 0.1) is 0 Å². The van der Waals surface area contributed by atoms with E-state index in [-0.39, 0.29) is 11.7 Å². The molecule has 1 aromatic carbocycles. The molecule has 1 saturated heterocycles. The smallest absolute Gasteiger partial charge is 0.259 e. The standard InChI is InChI=1S/C16H17ClN2O3/c1-10(20)15-13(16(21)19-8-2-3-9-19)14(18-22-15)11-4-6-12(17)7-5-11/h4-7,10,20H,2-3,8-9H2,1H3.